The molecule has 1 fully saturated rings. The lowest BCUT2D eigenvalue weighted by Gasteiger charge is -2.50. The number of hydrogen-bond acceptors (Lipinski definition) is 1. The van der Waals surface area contributed by atoms with Crippen LogP contribution in [-0.2, 0) is 0 Å². The van der Waals surface area contributed by atoms with Crippen LogP contribution in [0.2, 0.25) is 0 Å². The molecule has 0 radical (unpaired) electrons. The largest absolute Gasteiger partial charge is 0.377 e. The molecule has 1 nitrogen and oxygen atoms in total. The summed E-state index contributed by atoms with van der Waals surface area (Å²) in [7, 11) is 2.31. The lowest BCUT2D eigenvalue weighted by Crippen LogP contribution is -2.46. The van der Waals surface area contributed by atoms with Crippen LogP contribution in [-0.4, -0.2) is 18.5 Å². The molecule has 0 aromatic heterocycles. The molecule has 1 heteroatoms. The van der Waals surface area contributed by atoms with Gasteiger partial charge in [0.15, 0.2) is 0 Å². The Bertz CT molecular complexity index is 433. The summed E-state index contributed by atoms with van der Waals surface area (Å²) < 4.78 is 0. The van der Waals surface area contributed by atoms with Gasteiger partial charge in [-0.3, -0.25) is 0 Å². The molecule has 0 saturated heterocycles. The molecule has 0 N–H and O–H groups in total. The van der Waals surface area contributed by atoms with Crippen molar-refractivity contribution < 1.29 is 0 Å². The van der Waals surface area contributed by atoms with Crippen molar-refractivity contribution in [3.63, 3.8) is 0 Å². The van der Waals surface area contributed by atoms with E-state index in [-0.39, 0.29) is 0 Å². The first-order chi connectivity index (χ1) is 8.85. The van der Waals surface area contributed by atoms with Gasteiger partial charge in [0.1, 0.15) is 0 Å². The predicted molar refractivity (Wildman–Crippen MR) is 81.7 cm³/mol. The maximum Gasteiger partial charge on any atom is 0.0205 e. The van der Waals surface area contributed by atoms with Crippen molar-refractivity contribution in [2.75, 3.05) is 13.6 Å². The molecule has 3 atom stereocenters. The highest BCUT2D eigenvalue weighted by atomic mass is 15.1. The Morgan fingerprint density at radius 2 is 1.79 bits per heavy atom. The van der Waals surface area contributed by atoms with Crippen LogP contribution in [0.25, 0.3) is 0 Å². The second-order valence-corrected chi connectivity index (χ2v) is 7.81. The first-order valence-electron chi connectivity index (χ1n) is 7.99. The first-order valence-corrected chi connectivity index (χ1v) is 7.99. The fraction of sp³-hybridized carbons (Fsp3) is 0.778. The van der Waals surface area contributed by atoms with Crippen molar-refractivity contribution in [3.05, 3.63) is 23.4 Å². The average molecular weight is 259 g/mol. The highest BCUT2D eigenvalue weighted by Gasteiger charge is 2.50. The van der Waals surface area contributed by atoms with E-state index in [1.54, 1.807) is 11.3 Å². The van der Waals surface area contributed by atoms with E-state index in [4.69, 9.17) is 0 Å². The van der Waals surface area contributed by atoms with E-state index in [9.17, 15) is 0 Å². The minimum atomic E-state index is 0.313. The Morgan fingerprint density at radius 1 is 1.16 bits per heavy atom. The van der Waals surface area contributed by atoms with E-state index >= 15 is 0 Å². The lowest BCUT2D eigenvalue weighted by molar-refractivity contribution is 0.0471. The summed E-state index contributed by atoms with van der Waals surface area (Å²) in [5, 5.41) is 0. The van der Waals surface area contributed by atoms with Crippen LogP contribution in [0.3, 0.4) is 0 Å². The summed E-state index contributed by atoms with van der Waals surface area (Å²) >= 11 is 0. The predicted octanol–water partition coefficient (Wildman–Crippen LogP) is 4.33. The maximum absolute atomic E-state index is 2.57. The molecular weight excluding hydrogens is 230 g/mol. The van der Waals surface area contributed by atoms with E-state index in [2.05, 4.69) is 58.7 Å². The van der Waals surface area contributed by atoms with E-state index < -0.39 is 0 Å². The van der Waals surface area contributed by atoms with Crippen molar-refractivity contribution in [1.82, 2.24) is 4.90 Å². The number of allylic oxidation sites excluding steroid dienone is 4. The van der Waals surface area contributed by atoms with Gasteiger partial charge in [-0.1, -0.05) is 46.8 Å². The van der Waals surface area contributed by atoms with Crippen LogP contribution >= 0.6 is 0 Å². The molecule has 2 bridgehead atoms. The van der Waals surface area contributed by atoms with Gasteiger partial charge >= 0.3 is 0 Å². The zero-order valence-corrected chi connectivity index (χ0v) is 13.4. The van der Waals surface area contributed by atoms with E-state index in [1.807, 2.05) is 0 Å². The summed E-state index contributed by atoms with van der Waals surface area (Å²) in [6.07, 6.45) is 6.31. The zero-order chi connectivity index (χ0) is 13.9. The Labute approximate surface area is 118 Å². The number of nitrogens with zero attached hydrogens (tertiary/aromatic N) is 1. The van der Waals surface area contributed by atoms with Gasteiger partial charge in [-0.15, -0.1) is 0 Å². The molecule has 4 aliphatic rings. The molecular formula is C18H29N. The van der Waals surface area contributed by atoms with Crippen molar-refractivity contribution in [1.29, 1.82) is 0 Å². The molecule has 0 aromatic rings. The molecule has 0 amide bonds. The summed E-state index contributed by atoms with van der Waals surface area (Å²) in [5.41, 5.74) is 3.61. The molecule has 1 aliphatic heterocycles. The van der Waals surface area contributed by atoms with Crippen molar-refractivity contribution in [3.8, 4) is 0 Å². The van der Waals surface area contributed by atoms with Crippen molar-refractivity contribution >= 4 is 0 Å². The van der Waals surface area contributed by atoms with Crippen molar-refractivity contribution in [2.45, 2.75) is 41.0 Å². The highest BCUT2D eigenvalue weighted by Crippen LogP contribution is 2.57. The fourth-order valence-corrected chi connectivity index (χ4v) is 4.75. The van der Waals surface area contributed by atoms with Gasteiger partial charge in [0.05, 0.1) is 0 Å². The third-order valence-electron chi connectivity index (χ3n) is 6.66. The van der Waals surface area contributed by atoms with Crippen LogP contribution in [0.15, 0.2) is 23.4 Å². The number of rotatable bonds is 0. The smallest absolute Gasteiger partial charge is 0.0205 e. The molecule has 0 spiro atoms. The Hall–Kier alpha value is -0.720. The van der Waals surface area contributed by atoms with E-state index in [0.717, 1.165) is 29.6 Å². The summed E-state index contributed by atoms with van der Waals surface area (Å²) in [5.74, 6) is 3.99. The third kappa shape index (κ3) is 1.66. The van der Waals surface area contributed by atoms with Crippen LogP contribution < -0.4 is 0 Å². The van der Waals surface area contributed by atoms with E-state index in [1.165, 1.54) is 13.0 Å². The minimum Gasteiger partial charge on any atom is -0.377 e. The lowest BCUT2D eigenvalue weighted by atomic mass is 9.57. The van der Waals surface area contributed by atoms with Gasteiger partial charge in [0.25, 0.3) is 0 Å². The van der Waals surface area contributed by atoms with Gasteiger partial charge < -0.3 is 4.90 Å². The second kappa shape index (κ2) is 4.14. The molecule has 1 saturated carbocycles. The maximum atomic E-state index is 2.57. The van der Waals surface area contributed by atoms with E-state index in [0.29, 0.717) is 5.41 Å². The fourth-order valence-electron chi connectivity index (χ4n) is 4.75. The number of hydrogen-bond donors (Lipinski definition) is 0. The molecule has 19 heavy (non-hydrogen) atoms. The minimum absolute atomic E-state index is 0.313. The van der Waals surface area contributed by atoms with Crippen LogP contribution in [0.1, 0.15) is 41.0 Å². The molecule has 4 rings (SSSR count). The van der Waals surface area contributed by atoms with Crippen LogP contribution in [0.5, 0.6) is 0 Å². The monoisotopic (exact) mass is 259 g/mol. The van der Waals surface area contributed by atoms with Gasteiger partial charge in [-0.05, 0) is 41.1 Å². The molecule has 3 unspecified atom stereocenters. The molecule has 0 aromatic carbocycles. The van der Waals surface area contributed by atoms with Crippen LogP contribution in [0.4, 0.5) is 0 Å². The Balaban J connectivity index is 2.15. The first kappa shape index (κ1) is 13.3. The van der Waals surface area contributed by atoms with Crippen molar-refractivity contribution in [2.24, 2.45) is 35.0 Å². The van der Waals surface area contributed by atoms with Gasteiger partial charge in [-0.25, -0.2) is 0 Å². The second-order valence-electron chi connectivity index (χ2n) is 7.81. The van der Waals surface area contributed by atoms with Crippen LogP contribution in [0, 0.1) is 35.0 Å². The quantitative estimate of drug-likeness (QED) is 0.626. The normalized spacial score (nSPS) is 44.3. The van der Waals surface area contributed by atoms with Gasteiger partial charge in [-0.2, -0.15) is 0 Å². The molecule has 106 valence electrons. The Kier molecular flexibility index (Phi) is 2.89. The summed E-state index contributed by atoms with van der Waals surface area (Å²) in [6, 6.07) is 0. The summed E-state index contributed by atoms with van der Waals surface area (Å²) in [4.78, 5) is 2.57. The highest BCUT2D eigenvalue weighted by molar-refractivity contribution is 5.39. The van der Waals surface area contributed by atoms with Gasteiger partial charge in [0.2, 0.25) is 0 Å². The molecule has 3 aliphatic carbocycles. The summed E-state index contributed by atoms with van der Waals surface area (Å²) in [6.45, 7) is 13.5. The average Bonchev–Trinajstić information content (AvgIpc) is 2.65. The molecule has 1 heterocycles. The zero-order valence-electron chi connectivity index (χ0n) is 13.4. The SMILES string of the molecule is CC1C2C=CC3=C(C1C2C)N(C)CCC(C)C3(C)C. The Morgan fingerprint density at radius 3 is 2.42 bits per heavy atom. The topological polar surface area (TPSA) is 3.24 Å². The third-order valence-corrected chi connectivity index (χ3v) is 6.66. The standard InChI is InChI=1S/C18H29N/c1-11-9-10-19(6)17-15(18(11,4)5)8-7-14-12(2)16(17)13(14)3/h7-8,11-14,16H,9-10H2,1-6H3. The van der Waals surface area contributed by atoms with Gasteiger partial charge in [0, 0.05) is 25.2 Å².